The van der Waals surface area contributed by atoms with Gasteiger partial charge in [-0.15, -0.1) is 0 Å². The second-order valence-corrected chi connectivity index (χ2v) is 6.60. The number of halogens is 3. The van der Waals surface area contributed by atoms with E-state index in [0.717, 1.165) is 35.9 Å². The maximum atomic E-state index is 13.4. The van der Waals surface area contributed by atoms with Crippen LogP contribution in [0.15, 0.2) is 60.8 Å². The van der Waals surface area contributed by atoms with E-state index in [0.29, 0.717) is 0 Å². The fraction of sp³-hybridized carbons (Fsp3) is 0.273. The summed E-state index contributed by atoms with van der Waals surface area (Å²) in [5.74, 6) is -0.337. The van der Waals surface area contributed by atoms with Gasteiger partial charge in [0.25, 0.3) is 0 Å². The van der Waals surface area contributed by atoms with E-state index in [2.05, 4.69) is 16.9 Å². The zero-order valence-corrected chi connectivity index (χ0v) is 16.3. The standard InChI is InChI=1S/C22H22F3N3O/c1-3-9-17-12-7-8-13-19(17)28(2)21-26-14-18(22(23,24)25)20(27-21)29-15-16-10-5-4-6-11-16/h4-8,10-14H,3,9,15H2,1-2H3. The maximum absolute atomic E-state index is 13.4. The van der Waals surface area contributed by atoms with E-state index >= 15 is 0 Å². The van der Waals surface area contributed by atoms with Crippen molar-refractivity contribution in [1.29, 1.82) is 0 Å². The smallest absolute Gasteiger partial charge is 0.423 e. The van der Waals surface area contributed by atoms with E-state index in [1.807, 2.05) is 30.3 Å². The normalized spacial score (nSPS) is 11.3. The number of hydrogen-bond acceptors (Lipinski definition) is 4. The van der Waals surface area contributed by atoms with Crippen LogP contribution in [0.25, 0.3) is 0 Å². The highest BCUT2D eigenvalue weighted by Crippen LogP contribution is 2.36. The SMILES string of the molecule is CCCc1ccccc1N(C)c1ncc(C(F)(F)F)c(OCc2ccccc2)n1. The molecule has 2 aromatic carbocycles. The summed E-state index contributed by atoms with van der Waals surface area (Å²) in [6, 6.07) is 16.7. The summed E-state index contributed by atoms with van der Waals surface area (Å²) in [6.07, 6.45) is -2.03. The van der Waals surface area contributed by atoms with Gasteiger partial charge in [0.15, 0.2) is 0 Å². The van der Waals surface area contributed by atoms with Crippen LogP contribution in [-0.4, -0.2) is 17.0 Å². The quantitative estimate of drug-likeness (QED) is 0.502. The number of benzene rings is 2. The van der Waals surface area contributed by atoms with Crippen LogP contribution in [0.4, 0.5) is 24.8 Å². The molecule has 0 bridgehead atoms. The average Bonchev–Trinajstić information content (AvgIpc) is 2.72. The summed E-state index contributed by atoms with van der Waals surface area (Å²) in [7, 11) is 1.73. The van der Waals surface area contributed by atoms with Crippen molar-refractivity contribution in [3.8, 4) is 5.88 Å². The lowest BCUT2D eigenvalue weighted by molar-refractivity contribution is -0.139. The molecule has 152 valence electrons. The Hall–Kier alpha value is -3.09. The zero-order valence-electron chi connectivity index (χ0n) is 16.3. The third kappa shape index (κ3) is 5.04. The van der Waals surface area contributed by atoms with Crippen LogP contribution < -0.4 is 9.64 Å². The molecule has 0 radical (unpaired) electrons. The summed E-state index contributed by atoms with van der Waals surface area (Å²) < 4.78 is 45.7. The van der Waals surface area contributed by atoms with Gasteiger partial charge in [0, 0.05) is 18.9 Å². The predicted octanol–water partition coefficient (Wildman–Crippen LogP) is 5.79. The number of hydrogen-bond donors (Lipinski definition) is 0. The highest BCUT2D eigenvalue weighted by molar-refractivity contribution is 5.61. The molecule has 0 aliphatic rings. The average molecular weight is 401 g/mol. The van der Waals surface area contributed by atoms with Crippen molar-refractivity contribution in [2.75, 3.05) is 11.9 Å². The first-order valence-electron chi connectivity index (χ1n) is 9.32. The van der Waals surface area contributed by atoms with Gasteiger partial charge in [-0.3, -0.25) is 0 Å². The van der Waals surface area contributed by atoms with E-state index in [-0.39, 0.29) is 12.6 Å². The molecule has 0 spiro atoms. The molecule has 0 N–H and O–H groups in total. The van der Waals surface area contributed by atoms with Crippen molar-refractivity contribution < 1.29 is 17.9 Å². The molecule has 0 amide bonds. The van der Waals surface area contributed by atoms with Crippen molar-refractivity contribution in [3.05, 3.63) is 77.5 Å². The van der Waals surface area contributed by atoms with Gasteiger partial charge in [0.05, 0.1) is 0 Å². The van der Waals surface area contributed by atoms with E-state index in [4.69, 9.17) is 4.74 Å². The summed E-state index contributed by atoms with van der Waals surface area (Å²) in [5, 5.41) is 0. The van der Waals surface area contributed by atoms with Crippen LogP contribution in [0.1, 0.15) is 30.0 Å². The van der Waals surface area contributed by atoms with Crippen molar-refractivity contribution >= 4 is 11.6 Å². The first kappa shape index (κ1) is 20.6. The van der Waals surface area contributed by atoms with Gasteiger partial charge in [-0.05, 0) is 23.6 Å². The van der Waals surface area contributed by atoms with Crippen LogP contribution in [0.3, 0.4) is 0 Å². The minimum atomic E-state index is -4.61. The van der Waals surface area contributed by atoms with E-state index in [1.165, 1.54) is 0 Å². The molecule has 1 aromatic heterocycles. The maximum Gasteiger partial charge on any atom is 0.423 e. The third-order valence-corrected chi connectivity index (χ3v) is 4.44. The molecule has 0 unspecified atom stereocenters. The number of alkyl halides is 3. The van der Waals surface area contributed by atoms with Crippen molar-refractivity contribution in [1.82, 2.24) is 9.97 Å². The van der Waals surface area contributed by atoms with Crippen LogP contribution in [-0.2, 0) is 19.2 Å². The van der Waals surface area contributed by atoms with Crippen LogP contribution in [0.2, 0.25) is 0 Å². The number of aromatic nitrogens is 2. The van der Waals surface area contributed by atoms with Crippen molar-refractivity contribution in [2.24, 2.45) is 0 Å². The molecule has 7 heteroatoms. The Morgan fingerprint density at radius 1 is 1.00 bits per heavy atom. The molecule has 4 nitrogen and oxygen atoms in total. The molecule has 29 heavy (non-hydrogen) atoms. The topological polar surface area (TPSA) is 38.2 Å². The van der Waals surface area contributed by atoms with Gasteiger partial charge in [0.1, 0.15) is 12.2 Å². The number of ether oxygens (including phenoxy) is 1. The summed E-state index contributed by atoms with van der Waals surface area (Å²) in [4.78, 5) is 9.74. The Morgan fingerprint density at radius 3 is 2.38 bits per heavy atom. The highest BCUT2D eigenvalue weighted by atomic mass is 19.4. The summed E-state index contributed by atoms with van der Waals surface area (Å²) in [6.45, 7) is 2.05. The first-order chi connectivity index (χ1) is 13.9. The molecule has 0 aliphatic heterocycles. The van der Waals surface area contributed by atoms with E-state index < -0.39 is 17.6 Å². The predicted molar refractivity (Wildman–Crippen MR) is 106 cm³/mol. The molecular formula is C22H22F3N3O. The third-order valence-electron chi connectivity index (χ3n) is 4.44. The number of anilines is 2. The minimum absolute atomic E-state index is 0.0174. The first-order valence-corrected chi connectivity index (χ1v) is 9.32. The van der Waals surface area contributed by atoms with Gasteiger partial charge in [-0.2, -0.15) is 18.2 Å². The molecule has 3 rings (SSSR count). The molecule has 0 fully saturated rings. The molecule has 1 heterocycles. The summed E-state index contributed by atoms with van der Waals surface area (Å²) in [5.41, 5.74) is 1.69. The lowest BCUT2D eigenvalue weighted by atomic mass is 10.1. The Bertz CT molecular complexity index is 946. The molecule has 0 saturated carbocycles. The van der Waals surface area contributed by atoms with E-state index in [1.54, 1.807) is 36.2 Å². The Balaban J connectivity index is 1.94. The van der Waals surface area contributed by atoms with Crippen molar-refractivity contribution in [3.63, 3.8) is 0 Å². The van der Waals surface area contributed by atoms with Crippen LogP contribution >= 0.6 is 0 Å². The second-order valence-electron chi connectivity index (χ2n) is 6.60. The number of nitrogens with zero attached hydrogens (tertiary/aromatic N) is 3. The lowest BCUT2D eigenvalue weighted by Gasteiger charge is -2.22. The molecule has 3 aromatic rings. The lowest BCUT2D eigenvalue weighted by Crippen LogP contribution is -2.18. The highest BCUT2D eigenvalue weighted by Gasteiger charge is 2.36. The van der Waals surface area contributed by atoms with Gasteiger partial charge < -0.3 is 9.64 Å². The van der Waals surface area contributed by atoms with Crippen LogP contribution in [0, 0.1) is 0 Å². The summed E-state index contributed by atoms with van der Waals surface area (Å²) >= 11 is 0. The van der Waals surface area contributed by atoms with Crippen molar-refractivity contribution in [2.45, 2.75) is 32.5 Å². The largest absolute Gasteiger partial charge is 0.472 e. The second kappa shape index (κ2) is 8.94. The number of aryl methyl sites for hydroxylation is 1. The Morgan fingerprint density at radius 2 is 1.69 bits per heavy atom. The molecule has 0 saturated heterocycles. The fourth-order valence-electron chi connectivity index (χ4n) is 2.98. The van der Waals surface area contributed by atoms with Crippen LogP contribution in [0.5, 0.6) is 5.88 Å². The van der Waals surface area contributed by atoms with Gasteiger partial charge in [-0.25, -0.2) is 4.98 Å². The Labute approximate surface area is 168 Å². The van der Waals surface area contributed by atoms with Gasteiger partial charge in [0.2, 0.25) is 11.8 Å². The molecule has 0 aliphatic carbocycles. The van der Waals surface area contributed by atoms with E-state index in [9.17, 15) is 13.2 Å². The number of rotatable bonds is 7. The molecule has 0 atom stereocenters. The number of para-hydroxylation sites is 1. The monoisotopic (exact) mass is 401 g/mol. The Kier molecular flexibility index (Phi) is 6.36. The van der Waals surface area contributed by atoms with Gasteiger partial charge >= 0.3 is 6.18 Å². The fourth-order valence-corrected chi connectivity index (χ4v) is 2.98. The zero-order chi connectivity index (χ0) is 20.9. The minimum Gasteiger partial charge on any atom is -0.472 e. The molecular weight excluding hydrogens is 379 g/mol. The van der Waals surface area contributed by atoms with Gasteiger partial charge in [-0.1, -0.05) is 61.9 Å².